The van der Waals surface area contributed by atoms with Crippen LogP contribution in [0.3, 0.4) is 0 Å². The maximum atomic E-state index is 11.8. The van der Waals surface area contributed by atoms with Gasteiger partial charge in [0.2, 0.25) is 11.8 Å². The van der Waals surface area contributed by atoms with Crippen molar-refractivity contribution in [3.05, 3.63) is 0 Å². The molecular weight excluding hydrogens is 266 g/mol. The molecule has 0 unspecified atom stereocenters. The van der Waals surface area contributed by atoms with Crippen LogP contribution in [0.15, 0.2) is 0 Å². The van der Waals surface area contributed by atoms with Gasteiger partial charge in [-0.2, -0.15) is 0 Å². The first-order valence-corrected chi connectivity index (χ1v) is 8.29. The van der Waals surface area contributed by atoms with E-state index in [1.807, 2.05) is 13.8 Å². The molecule has 1 aliphatic carbocycles. The summed E-state index contributed by atoms with van der Waals surface area (Å²) in [6.07, 6.45) is 7.47. The molecule has 4 N–H and O–H groups in total. The van der Waals surface area contributed by atoms with Crippen LogP contribution in [-0.2, 0) is 9.59 Å². The molecule has 0 saturated heterocycles. The van der Waals surface area contributed by atoms with E-state index in [1.54, 1.807) is 0 Å². The molecule has 122 valence electrons. The van der Waals surface area contributed by atoms with Crippen LogP contribution in [0.2, 0.25) is 0 Å². The SMILES string of the molecule is CC(C)C[C@H](N)C(=O)NCCNC(=O)CC1CCCCC1. The van der Waals surface area contributed by atoms with Crippen LogP contribution in [0.5, 0.6) is 0 Å². The number of carbonyl (C=O) groups is 2. The van der Waals surface area contributed by atoms with Crippen molar-refractivity contribution >= 4 is 11.8 Å². The quantitative estimate of drug-likeness (QED) is 0.594. The van der Waals surface area contributed by atoms with Crippen LogP contribution < -0.4 is 16.4 Å². The van der Waals surface area contributed by atoms with Gasteiger partial charge in [0.25, 0.3) is 0 Å². The third-order valence-corrected chi connectivity index (χ3v) is 4.01. The Balaban J connectivity index is 2.07. The highest BCUT2D eigenvalue weighted by Gasteiger charge is 2.17. The molecule has 0 heterocycles. The molecule has 5 heteroatoms. The molecule has 0 radical (unpaired) electrons. The standard InChI is InChI=1S/C16H31N3O2/c1-12(2)10-14(17)16(21)19-9-8-18-15(20)11-13-6-4-3-5-7-13/h12-14H,3-11,17H2,1-2H3,(H,18,20)(H,19,21)/t14-/m0/s1. The minimum atomic E-state index is -0.456. The third-order valence-electron chi connectivity index (χ3n) is 4.01. The highest BCUT2D eigenvalue weighted by Crippen LogP contribution is 2.25. The van der Waals surface area contributed by atoms with Gasteiger partial charge in [-0.15, -0.1) is 0 Å². The fraction of sp³-hybridized carbons (Fsp3) is 0.875. The van der Waals surface area contributed by atoms with Crippen molar-refractivity contribution in [2.45, 2.75) is 64.8 Å². The average Bonchev–Trinajstić information content (AvgIpc) is 2.43. The molecule has 0 spiro atoms. The maximum Gasteiger partial charge on any atom is 0.236 e. The van der Waals surface area contributed by atoms with Crippen molar-refractivity contribution in [2.24, 2.45) is 17.6 Å². The summed E-state index contributed by atoms with van der Waals surface area (Å²) in [7, 11) is 0. The number of nitrogens with two attached hydrogens (primary N) is 1. The molecule has 1 atom stereocenters. The van der Waals surface area contributed by atoms with Gasteiger partial charge in [-0.1, -0.05) is 33.1 Å². The second kappa shape index (κ2) is 9.77. The second-order valence-corrected chi connectivity index (χ2v) is 6.59. The lowest BCUT2D eigenvalue weighted by Crippen LogP contribution is -2.44. The summed E-state index contributed by atoms with van der Waals surface area (Å²) < 4.78 is 0. The zero-order valence-electron chi connectivity index (χ0n) is 13.5. The Kier molecular flexibility index (Phi) is 8.35. The van der Waals surface area contributed by atoms with Gasteiger partial charge in [0.1, 0.15) is 0 Å². The normalized spacial score (nSPS) is 17.5. The van der Waals surface area contributed by atoms with Crippen LogP contribution in [0.4, 0.5) is 0 Å². The van der Waals surface area contributed by atoms with Crippen molar-refractivity contribution in [1.82, 2.24) is 10.6 Å². The average molecular weight is 297 g/mol. The van der Waals surface area contributed by atoms with Gasteiger partial charge in [0, 0.05) is 19.5 Å². The molecule has 0 aliphatic heterocycles. The van der Waals surface area contributed by atoms with Gasteiger partial charge in [0.05, 0.1) is 6.04 Å². The van der Waals surface area contributed by atoms with Gasteiger partial charge < -0.3 is 16.4 Å². The smallest absolute Gasteiger partial charge is 0.236 e. The van der Waals surface area contributed by atoms with Crippen molar-refractivity contribution in [2.75, 3.05) is 13.1 Å². The molecular formula is C16H31N3O2. The zero-order chi connectivity index (χ0) is 15.7. The summed E-state index contributed by atoms with van der Waals surface area (Å²) in [5.41, 5.74) is 5.78. The van der Waals surface area contributed by atoms with E-state index in [1.165, 1.54) is 32.1 Å². The first kappa shape index (κ1) is 18.0. The second-order valence-electron chi connectivity index (χ2n) is 6.59. The predicted octanol–water partition coefficient (Wildman–Crippen LogP) is 1.56. The lowest BCUT2D eigenvalue weighted by molar-refractivity contribution is -0.124. The van der Waals surface area contributed by atoms with E-state index < -0.39 is 6.04 Å². The van der Waals surface area contributed by atoms with Crippen LogP contribution >= 0.6 is 0 Å². The topological polar surface area (TPSA) is 84.2 Å². The van der Waals surface area contributed by atoms with Crippen molar-refractivity contribution < 1.29 is 9.59 Å². The molecule has 1 aliphatic rings. The molecule has 0 aromatic heterocycles. The molecule has 5 nitrogen and oxygen atoms in total. The molecule has 0 aromatic rings. The van der Waals surface area contributed by atoms with E-state index in [4.69, 9.17) is 5.73 Å². The van der Waals surface area contributed by atoms with Crippen molar-refractivity contribution in [3.8, 4) is 0 Å². The van der Waals surface area contributed by atoms with E-state index in [0.29, 0.717) is 37.8 Å². The lowest BCUT2D eigenvalue weighted by Gasteiger charge is -2.20. The number of hydrogen-bond acceptors (Lipinski definition) is 3. The summed E-state index contributed by atoms with van der Waals surface area (Å²) in [6.45, 7) is 5.00. The van der Waals surface area contributed by atoms with Gasteiger partial charge in [-0.05, 0) is 31.1 Å². The van der Waals surface area contributed by atoms with Crippen molar-refractivity contribution in [3.63, 3.8) is 0 Å². The molecule has 1 fully saturated rings. The monoisotopic (exact) mass is 297 g/mol. The summed E-state index contributed by atoms with van der Waals surface area (Å²) in [5.74, 6) is 0.918. The fourth-order valence-corrected chi connectivity index (χ4v) is 2.86. The zero-order valence-corrected chi connectivity index (χ0v) is 13.5. The van der Waals surface area contributed by atoms with Crippen LogP contribution in [0.1, 0.15) is 58.8 Å². The van der Waals surface area contributed by atoms with E-state index in [9.17, 15) is 9.59 Å². The molecule has 0 bridgehead atoms. The highest BCUT2D eigenvalue weighted by atomic mass is 16.2. The first-order valence-electron chi connectivity index (χ1n) is 8.29. The highest BCUT2D eigenvalue weighted by molar-refractivity contribution is 5.81. The van der Waals surface area contributed by atoms with Gasteiger partial charge in [-0.25, -0.2) is 0 Å². The van der Waals surface area contributed by atoms with Crippen LogP contribution in [0.25, 0.3) is 0 Å². The summed E-state index contributed by atoms with van der Waals surface area (Å²) >= 11 is 0. The molecule has 0 aromatic carbocycles. The molecule has 2 amide bonds. The van der Waals surface area contributed by atoms with E-state index in [-0.39, 0.29) is 11.8 Å². The Morgan fingerprint density at radius 1 is 1.10 bits per heavy atom. The predicted molar refractivity (Wildman–Crippen MR) is 84.6 cm³/mol. The Morgan fingerprint density at radius 2 is 1.71 bits per heavy atom. The van der Waals surface area contributed by atoms with Gasteiger partial charge in [0.15, 0.2) is 0 Å². The van der Waals surface area contributed by atoms with Gasteiger partial charge in [-0.3, -0.25) is 9.59 Å². The Bertz CT molecular complexity index is 325. The van der Waals surface area contributed by atoms with Gasteiger partial charge >= 0.3 is 0 Å². The molecule has 1 rings (SSSR count). The van der Waals surface area contributed by atoms with E-state index in [0.717, 1.165) is 0 Å². The van der Waals surface area contributed by atoms with Crippen molar-refractivity contribution in [1.29, 1.82) is 0 Å². The summed E-state index contributed by atoms with van der Waals surface area (Å²) in [5, 5.41) is 5.64. The Hall–Kier alpha value is -1.10. The Labute approximate surface area is 128 Å². The third kappa shape index (κ3) is 8.05. The first-order chi connectivity index (χ1) is 9.99. The molecule has 1 saturated carbocycles. The largest absolute Gasteiger partial charge is 0.354 e. The minimum absolute atomic E-state index is 0.0997. The molecule has 21 heavy (non-hydrogen) atoms. The minimum Gasteiger partial charge on any atom is -0.354 e. The van der Waals surface area contributed by atoms with E-state index in [2.05, 4.69) is 10.6 Å². The van der Waals surface area contributed by atoms with Crippen LogP contribution in [0, 0.1) is 11.8 Å². The number of nitrogens with one attached hydrogen (secondary N) is 2. The number of amides is 2. The number of hydrogen-bond donors (Lipinski definition) is 3. The Morgan fingerprint density at radius 3 is 2.33 bits per heavy atom. The summed E-state index contributed by atoms with van der Waals surface area (Å²) in [4.78, 5) is 23.5. The number of rotatable bonds is 8. The van der Waals surface area contributed by atoms with Crippen LogP contribution in [-0.4, -0.2) is 30.9 Å². The summed E-state index contributed by atoms with van der Waals surface area (Å²) in [6, 6.07) is -0.456. The number of carbonyl (C=O) groups excluding carboxylic acids is 2. The fourth-order valence-electron chi connectivity index (χ4n) is 2.86. The maximum absolute atomic E-state index is 11.8. The lowest BCUT2D eigenvalue weighted by atomic mass is 9.87. The van der Waals surface area contributed by atoms with E-state index >= 15 is 0 Å².